The number of aliphatic hydroxyl groups is 1. The lowest BCUT2D eigenvalue weighted by Gasteiger charge is -2.27. The molecule has 10 rings (SSSR count). The van der Waals surface area contributed by atoms with Crippen molar-refractivity contribution in [3.63, 3.8) is 0 Å². The molecule has 2 unspecified atom stereocenters. The fraction of sp³-hybridized carbons (Fsp3) is 0.432. The van der Waals surface area contributed by atoms with Crippen molar-refractivity contribution in [3.05, 3.63) is 97.1 Å². The second kappa shape index (κ2) is 19.8. The number of nitrogens with one attached hydrogen (secondary N) is 2. The van der Waals surface area contributed by atoms with E-state index in [1.165, 1.54) is 29.9 Å². The van der Waals surface area contributed by atoms with Gasteiger partial charge >= 0.3 is 6.18 Å². The molecule has 8 atom stereocenters. The third-order valence-electron chi connectivity index (χ3n) is 10.9. The summed E-state index contributed by atoms with van der Waals surface area (Å²) < 4.78 is 101. The van der Waals surface area contributed by atoms with Gasteiger partial charge < -0.3 is 44.2 Å². The standard InChI is InChI=1S/C20H19FIN5O4.C20H20FN5O5.C3H3F3O.CH4/c1-19(2)29-13-14(30-19)20(21,8-22)31-18(13)27-10-25-12-15(23-9-24-16(12)27)26-17(28)11-6-4-3-5-7-11;1-19(2)29-13-14(30-19)20(21,8-27)31-18(13)26-10-24-12-15(22-9-23-16(12)26)25-17(28)11-6-4-3-5-7-11;1-2(7)3(4,5)6;/h3-7,9-10,13-14,18H,8H2,1-2H3,(H,23,24,26,28);3-7,9-10,13-14,18,27H,8H2,1-2H3,(H,22,23,25,28);1H3;1H4/t2*13-,14?,18+,20+;;/m00../s1. The molecule has 0 aliphatic carbocycles. The second-order valence-corrected chi connectivity index (χ2v) is 17.5. The molecule has 8 heterocycles. The Bertz CT molecular complexity index is 2680. The molecule has 2 amide bonds. The lowest BCUT2D eigenvalue weighted by molar-refractivity contribution is -0.264. The molecule has 4 aliphatic heterocycles. The van der Waals surface area contributed by atoms with E-state index in [4.69, 9.17) is 28.4 Å². The maximum atomic E-state index is 15.5. The molecule has 6 aromatic rings. The molecule has 0 spiro atoms. The molecule has 3 N–H and O–H groups in total. The first kappa shape index (κ1) is 52.1. The summed E-state index contributed by atoms with van der Waals surface area (Å²) >= 11 is 1.93. The molecule has 26 heteroatoms. The number of aromatic nitrogens is 8. The Hall–Kier alpha value is -5.75. The Kier molecular flexibility index (Phi) is 14.7. The van der Waals surface area contributed by atoms with Gasteiger partial charge in [-0.1, -0.05) is 66.4 Å². The minimum Gasteiger partial charge on any atom is -0.390 e. The Labute approximate surface area is 408 Å². The zero-order chi connectivity index (χ0) is 49.7. The van der Waals surface area contributed by atoms with E-state index in [-0.39, 0.29) is 35.3 Å². The highest BCUT2D eigenvalue weighted by Gasteiger charge is 2.65. The van der Waals surface area contributed by atoms with Gasteiger partial charge in [-0.2, -0.15) is 13.2 Å². The SMILES string of the molecule is C.CC(=O)C(F)(F)F.CC1(C)OC2[C@H](O1)[C@H](n1cnc3c(NC(=O)c4ccccc4)ncnc31)O[C@]2(F)CI.CC1(C)OC2[C@H](O1)[C@H](n1cnc3c(NC(=O)c4ccccc4)ncnc31)O[C@]2(F)CO. The van der Waals surface area contributed by atoms with Gasteiger partial charge in [-0.3, -0.25) is 23.5 Å². The van der Waals surface area contributed by atoms with Crippen molar-refractivity contribution < 1.29 is 69.9 Å². The third kappa shape index (κ3) is 10.3. The van der Waals surface area contributed by atoms with Gasteiger partial charge in [0.2, 0.25) is 11.6 Å². The fourth-order valence-corrected chi connectivity index (χ4v) is 8.41. The highest BCUT2D eigenvalue weighted by atomic mass is 127. The largest absolute Gasteiger partial charge is 0.449 e. The smallest absolute Gasteiger partial charge is 0.390 e. The first-order chi connectivity index (χ1) is 32.6. The van der Waals surface area contributed by atoms with Gasteiger partial charge in [-0.15, -0.1) is 0 Å². The lowest BCUT2D eigenvalue weighted by atomic mass is 10.1. The predicted octanol–water partition coefficient (Wildman–Crippen LogP) is 6.79. The highest BCUT2D eigenvalue weighted by molar-refractivity contribution is 14.1. The summed E-state index contributed by atoms with van der Waals surface area (Å²) in [6.45, 7) is 6.38. The lowest BCUT2D eigenvalue weighted by Crippen LogP contribution is -2.42. The molecule has 2 aromatic carbocycles. The summed E-state index contributed by atoms with van der Waals surface area (Å²) in [6, 6.07) is 17.4. The third-order valence-corrected chi connectivity index (χ3v) is 11.9. The molecule has 374 valence electrons. The number of alkyl halides is 6. The van der Waals surface area contributed by atoms with E-state index in [0.29, 0.717) is 40.4 Å². The number of hydrogen-bond donors (Lipinski definition) is 3. The maximum Gasteiger partial charge on any atom is 0.449 e. The van der Waals surface area contributed by atoms with E-state index >= 15 is 8.78 Å². The van der Waals surface area contributed by atoms with Crippen LogP contribution in [0.5, 0.6) is 0 Å². The number of nitrogens with zero attached hydrogens (tertiary/aromatic N) is 8. The highest BCUT2D eigenvalue weighted by Crippen LogP contribution is 2.51. The van der Waals surface area contributed by atoms with Crippen LogP contribution in [-0.2, 0) is 33.2 Å². The molecule has 70 heavy (non-hydrogen) atoms. The van der Waals surface area contributed by atoms with Gasteiger partial charge in [0.15, 0.2) is 70.2 Å². The number of amides is 2. The summed E-state index contributed by atoms with van der Waals surface area (Å²) in [6.07, 6.45) is -4.58. The number of rotatable bonds is 8. The number of halogens is 6. The van der Waals surface area contributed by atoms with Crippen molar-refractivity contribution in [2.45, 2.75) is 108 Å². The van der Waals surface area contributed by atoms with E-state index < -0.39 is 78.7 Å². The van der Waals surface area contributed by atoms with E-state index in [1.54, 1.807) is 80.8 Å². The fourth-order valence-electron chi connectivity index (χ4n) is 7.79. The zero-order valence-electron chi connectivity index (χ0n) is 36.9. The average Bonchev–Trinajstić information content (AvgIpc) is 4.17. The number of ether oxygens (including phenoxy) is 6. The van der Waals surface area contributed by atoms with Gasteiger partial charge in [-0.05, 0) is 52.0 Å². The van der Waals surface area contributed by atoms with Gasteiger partial charge in [0.1, 0.15) is 31.5 Å². The van der Waals surface area contributed by atoms with E-state index in [2.05, 4.69) is 40.5 Å². The van der Waals surface area contributed by atoms with E-state index in [9.17, 15) is 32.7 Å². The number of anilines is 2. The summed E-state index contributed by atoms with van der Waals surface area (Å²) in [5.74, 6) is -8.45. The number of ketones is 1. The van der Waals surface area contributed by atoms with Crippen LogP contribution in [0.3, 0.4) is 0 Å². The van der Waals surface area contributed by atoms with Crippen molar-refractivity contribution in [1.82, 2.24) is 39.0 Å². The number of imidazole rings is 2. The Morgan fingerprint density at radius 3 is 1.41 bits per heavy atom. The molecule has 4 saturated heterocycles. The minimum absolute atomic E-state index is 0. The second-order valence-electron chi connectivity index (χ2n) is 16.7. The minimum atomic E-state index is -4.64. The van der Waals surface area contributed by atoms with Crippen LogP contribution in [0, 0.1) is 0 Å². The molecule has 20 nitrogen and oxygen atoms in total. The van der Waals surface area contributed by atoms with Crippen LogP contribution in [0.1, 0.15) is 75.2 Å². The Balaban J connectivity index is 0.000000180. The van der Waals surface area contributed by atoms with Crippen molar-refractivity contribution in [2.24, 2.45) is 0 Å². The average molecular weight is 1100 g/mol. The first-order valence-electron chi connectivity index (χ1n) is 20.8. The molecule has 0 bridgehead atoms. The quantitative estimate of drug-likeness (QED) is 0.0808. The van der Waals surface area contributed by atoms with E-state index in [1.807, 2.05) is 34.7 Å². The molecule has 4 fully saturated rings. The van der Waals surface area contributed by atoms with Gasteiger partial charge in [-0.25, -0.2) is 38.7 Å². The Morgan fingerprint density at radius 1 is 0.657 bits per heavy atom. The maximum absolute atomic E-state index is 15.5. The number of fused-ring (bicyclic) bond motifs is 4. The van der Waals surface area contributed by atoms with Crippen LogP contribution < -0.4 is 10.6 Å². The van der Waals surface area contributed by atoms with Crippen LogP contribution in [0.25, 0.3) is 22.3 Å². The van der Waals surface area contributed by atoms with Gasteiger partial charge in [0, 0.05) is 18.1 Å². The molecule has 0 radical (unpaired) electrons. The summed E-state index contributed by atoms with van der Waals surface area (Å²) in [7, 11) is 0. The topological polar surface area (TPSA) is 238 Å². The van der Waals surface area contributed by atoms with Crippen LogP contribution >= 0.6 is 22.6 Å². The summed E-state index contributed by atoms with van der Waals surface area (Å²) in [5.41, 5.74) is 2.28. The van der Waals surface area contributed by atoms with Crippen molar-refractivity contribution in [1.29, 1.82) is 0 Å². The van der Waals surface area contributed by atoms with Crippen molar-refractivity contribution in [3.8, 4) is 0 Å². The molecular weight excluding hydrogens is 1050 g/mol. The predicted molar refractivity (Wildman–Crippen MR) is 244 cm³/mol. The van der Waals surface area contributed by atoms with Gasteiger partial charge in [0.05, 0.1) is 17.1 Å². The normalized spacial score (nSPS) is 27.0. The van der Waals surface area contributed by atoms with Crippen molar-refractivity contribution >= 4 is 74.2 Å². The number of aliphatic hydroxyl groups excluding tert-OH is 1. The van der Waals surface area contributed by atoms with Gasteiger partial charge in [0.25, 0.3) is 17.7 Å². The van der Waals surface area contributed by atoms with Crippen molar-refractivity contribution in [2.75, 3.05) is 21.7 Å². The molecule has 4 aromatic heterocycles. The Morgan fingerprint density at radius 2 is 1.04 bits per heavy atom. The summed E-state index contributed by atoms with van der Waals surface area (Å²) in [5, 5.41) is 15.1. The molecular formula is C44H46F5IN10O10. The summed E-state index contributed by atoms with van der Waals surface area (Å²) in [4.78, 5) is 59.9. The first-order valence-corrected chi connectivity index (χ1v) is 22.4. The van der Waals surface area contributed by atoms with Crippen LogP contribution in [0.4, 0.5) is 33.6 Å². The van der Waals surface area contributed by atoms with Crippen LogP contribution in [0.2, 0.25) is 0 Å². The number of carbonyl (C=O) groups is 3. The monoisotopic (exact) mass is 1100 g/mol. The number of benzene rings is 2. The number of Topliss-reactive ketones (excluding diaryl/α,β-unsaturated/α-hetero) is 1. The number of hydrogen-bond acceptors (Lipinski definition) is 16. The molecule has 4 aliphatic rings. The van der Waals surface area contributed by atoms with Crippen LogP contribution in [0.15, 0.2) is 86.0 Å². The van der Waals surface area contributed by atoms with E-state index in [0.717, 1.165) is 0 Å². The molecule has 0 saturated carbocycles. The number of carbonyl (C=O) groups excluding carboxylic acids is 3. The zero-order valence-corrected chi connectivity index (χ0v) is 39.1. The van der Waals surface area contributed by atoms with Crippen LogP contribution in [-0.4, -0.2) is 127 Å².